The van der Waals surface area contributed by atoms with E-state index in [1.807, 2.05) is 0 Å². The highest BCUT2D eigenvalue weighted by molar-refractivity contribution is 6.32. The van der Waals surface area contributed by atoms with E-state index in [-0.39, 0.29) is 24.1 Å². The SMILES string of the molecule is N=Nc1cccc(Nc2nc(Nc3ccc(Cl)c(OCC(O)CO)c3)ncc2F)c1. The van der Waals surface area contributed by atoms with Gasteiger partial charge in [-0.25, -0.2) is 14.9 Å². The summed E-state index contributed by atoms with van der Waals surface area (Å²) in [5, 5.41) is 27.7. The second-order valence-electron chi connectivity index (χ2n) is 6.09. The van der Waals surface area contributed by atoms with Gasteiger partial charge in [-0.05, 0) is 30.3 Å². The molecular weight excluding hydrogens is 415 g/mol. The standard InChI is InChI=1S/C19H18ClFN6O3/c20-15-5-4-12(7-17(15)30-10-14(29)9-28)25-19-23-8-16(21)18(26-19)24-11-2-1-3-13(6-11)27-22/h1-8,14,22,28-29H,9-10H2,(H2,23,24,25,26). The number of aliphatic hydroxyl groups excluding tert-OH is 2. The Bertz CT molecular complexity index is 1040. The maximum atomic E-state index is 14.1. The van der Waals surface area contributed by atoms with Crippen molar-refractivity contribution >= 4 is 40.4 Å². The van der Waals surface area contributed by atoms with E-state index in [2.05, 4.69) is 25.7 Å². The van der Waals surface area contributed by atoms with Gasteiger partial charge in [0, 0.05) is 17.4 Å². The minimum atomic E-state index is -1.03. The highest BCUT2D eigenvalue weighted by atomic mass is 35.5. The molecule has 0 amide bonds. The Kier molecular flexibility index (Phi) is 7.07. The second kappa shape index (κ2) is 9.92. The molecule has 0 aliphatic rings. The lowest BCUT2D eigenvalue weighted by molar-refractivity contribution is 0.0536. The predicted molar refractivity (Wildman–Crippen MR) is 110 cm³/mol. The fourth-order valence-electron chi connectivity index (χ4n) is 2.36. The molecule has 0 fully saturated rings. The molecule has 0 aliphatic heterocycles. The number of hydrogen-bond donors (Lipinski definition) is 5. The Morgan fingerprint density at radius 2 is 2.00 bits per heavy atom. The van der Waals surface area contributed by atoms with Crippen LogP contribution in [0.3, 0.4) is 0 Å². The smallest absolute Gasteiger partial charge is 0.229 e. The van der Waals surface area contributed by atoms with Crippen LogP contribution in [-0.4, -0.2) is 39.5 Å². The highest BCUT2D eigenvalue weighted by Crippen LogP contribution is 2.29. The van der Waals surface area contributed by atoms with Gasteiger partial charge in [-0.1, -0.05) is 17.7 Å². The van der Waals surface area contributed by atoms with Gasteiger partial charge in [0.1, 0.15) is 18.5 Å². The molecule has 11 heteroatoms. The summed E-state index contributed by atoms with van der Waals surface area (Å²) in [4.78, 5) is 8.04. The molecule has 3 rings (SSSR count). The number of aliphatic hydroxyl groups is 2. The predicted octanol–water partition coefficient (Wildman–Crippen LogP) is 4.15. The largest absolute Gasteiger partial charge is 0.489 e. The average Bonchev–Trinajstić information content (AvgIpc) is 2.76. The van der Waals surface area contributed by atoms with E-state index >= 15 is 0 Å². The number of halogens is 2. The van der Waals surface area contributed by atoms with E-state index in [4.69, 9.17) is 27.0 Å². The first-order valence-electron chi connectivity index (χ1n) is 8.74. The highest BCUT2D eigenvalue weighted by Gasteiger charge is 2.11. The van der Waals surface area contributed by atoms with Gasteiger partial charge in [0.2, 0.25) is 5.95 Å². The van der Waals surface area contributed by atoms with Crippen molar-refractivity contribution in [1.29, 1.82) is 5.53 Å². The number of nitrogens with zero attached hydrogens (tertiary/aromatic N) is 3. The minimum Gasteiger partial charge on any atom is -0.489 e. The third kappa shape index (κ3) is 5.60. The molecule has 9 nitrogen and oxygen atoms in total. The van der Waals surface area contributed by atoms with Crippen molar-refractivity contribution in [2.45, 2.75) is 6.10 Å². The Morgan fingerprint density at radius 3 is 2.77 bits per heavy atom. The van der Waals surface area contributed by atoms with Crippen molar-refractivity contribution in [1.82, 2.24) is 9.97 Å². The molecule has 0 saturated carbocycles. The van der Waals surface area contributed by atoms with Crippen molar-refractivity contribution in [2.24, 2.45) is 5.11 Å². The Morgan fingerprint density at radius 1 is 1.20 bits per heavy atom. The number of aromatic nitrogens is 2. The van der Waals surface area contributed by atoms with Crippen LogP contribution in [0, 0.1) is 11.3 Å². The number of benzene rings is 2. The van der Waals surface area contributed by atoms with Gasteiger partial charge < -0.3 is 25.6 Å². The number of anilines is 4. The van der Waals surface area contributed by atoms with Gasteiger partial charge in [-0.15, -0.1) is 0 Å². The van der Waals surface area contributed by atoms with Gasteiger partial charge in [-0.3, -0.25) is 0 Å². The molecule has 1 heterocycles. The first-order chi connectivity index (χ1) is 14.5. The molecule has 0 radical (unpaired) electrons. The molecule has 1 aromatic heterocycles. The zero-order chi connectivity index (χ0) is 21.5. The van der Waals surface area contributed by atoms with Crippen molar-refractivity contribution in [2.75, 3.05) is 23.8 Å². The van der Waals surface area contributed by atoms with E-state index in [1.165, 1.54) is 0 Å². The van der Waals surface area contributed by atoms with E-state index in [1.54, 1.807) is 42.5 Å². The first-order valence-corrected chi connectivity index (χ1v) is 9.11. The van der Waals surface area contributed by atoms with Crippen LogP contribution in [0.25, 0.3) is 0 Å². The van der Waals surface area contributed by atoms with Crippen LogP contribution < -0.4 is 15.4 Å². The minimum absolute atomic E-state index is 0.0638. The van der Waals surface area contributed by atoms with E-state index in [9.17, 15) is 9.50 Å². The molecule has 1 atom stereocenters. The van der Waals surface area contributed by atoms with Crippen LogP contribution >= 0.6 is 11.6 Å². The average molecular weight is 433 g/mol. The fraction of sp³-hybridized carbons (Fsp3) is 0.158. The number of hydrogen-bond acceptors (Lipinski definition) is 9. The monoisotopic (exact) mass is 432 g/mol. The Labute approximate surface area is 176 Å². The van der Waals surface area contributed by atoms with Crippen molar-refractivity contribution in [3.8, 4) is 5.75 Å². The molecule has 0 spiro atoms. The Hall–Kier alpha value is -3.34. The third-order valence-corrected chi connectivity index (χ3v) is 4.12. The molecular formula is C19H18ClFN6O3. The summed E-state index contributed by atoms with van der Waals surface area (Å²) in [6.07, 6.45) is -0.0190. The van der Waals surface area contributed by atoms with Crippen molar-refractivity contribution in [3.63, 3.8) is 0 Å². The number of nitrogens with one attached hydrogen (secondary N) is 3. The second-order valence-corrected chi connectivity index (χ2v) is 6.50. The molecule has 30 heavy (non-hydrogen) atoms. The van der Waals surface area contributed by atoms with E-state index in [0.717, 1.165) is 6.20 Å². The topological polar surface area (TPSA) is 136 Å². The molecule has 3 aromatic rings. The van der Waals surface area contributed by atoms with Crippen LogP contribution in [0.1, 0.15) is 0 Å². The summed E-state index contributed by atoms with van der Waals surface area (Å²) in [6, 6.07) is 11.4. The van der Waals surface area contributed by atoms with Crippen molar-refractivity contribution < 1.29 is 19.3 Å². The molecule has 2 aromatic carbocycles. The fourth-order valence-corrected chi connectivity index (χ4v) is 2.54. The van der Waals surface area contributed by atoms with Gasteiger partial charge >= 0.3 is 0 Å². The molecule has 0 aliphatic carbocycles. The summed E-state index contributed by atoms with van der Waals surface area (Å²) >= 11 is 6.08. The molecule has 156 valence electrons. The summed E-state index contributed by atoms with van der Waals surface area (Å²) < 4.78 is 19.5. The van der Waals surface area contributed by atoms with Crippen LogP contribution in [0.4, 0.5) is 33.2 Å². The zero-order valence-electron chi connectivity index (χ0n) is 15.5. The normalized spacial score (nSPS) is 11.6. The lowest BCUT2D eigenvalue weighted by Gasteiger charge is -2.13. The molecule has 1 unspecified atom stereocenters. The molecule has 0 bridgehead atoms. The van der Waals surface area contributed by atoms with Gasteiger partial charge in [0.15, 0.2) is 11.6 Å². The summed E-state index contributed by atoms with van der Waals surface area (Å²) in [5.41, 5.74) is 8.49. The number of rotatable bonds is 9. The quantitative estimate of drug-likeness (QED) is 0.320. The van der Waals surface area contributed by atoms with Crippen LogP contribution in [0.2, 0.25) is 5.02 Å². The summed E-state index contributed by atoms with van der Waals surface area (Å²) in [7, 11) is 0. The van der Waals surface area contributed by atoms with Gasteiger partial charge in [0.05, 0.1) is 23.5 Å². The Balaban J connectivity index is 1.77. The van der Waals surface area contributed by atoms with Gasteiger partial charge in [-0.2, -0.15) is 10.1 Å². The summed E-state index contributed by atoms with van der Waals surface area (Å²) in [6.45, 7) is -0.571. The van der Waals surface area contributed by atoms with Gasteiger partial charge in [0.25, 0.3) is 0 Å². The third-order valence-electron chi connectivity index (χ3n) is 3.81. The van der Waals surface area contributed by atoms with E-state index < -0.39 is 18.5 Å². The maximum Gasteiger partial charge on any atom is 0.229 e. The first kappa shape index (κ1) is 21.4. The number of ether oxygens (including phenoxy) is 1. The lowest BCUT2D eigenvalue weighted by Crippen LogP contribution is -2.21. The van der Waals surface area contributed by atoms with Crippen molar-refractivity contribution in [3.05, 3.63) is 59.5 Å². The van der Waals surface area contributed by atoms with E-state index in [0.29, 0.717) is 22.1 Å². The zero-order valence-corrected chi connectivity index (χ0v) is 16.3. The maximum absolute atomic E-state index is 14.1. The van der Waals surface area contributed by atoms with Crippen LogP contribution in [0.5, 0.6) is 5.75 Å². The van der Waals surface area contributed by atoms with Crippen LogP contribution in [0.15, 0.2) is 53.8 Å². The molecule has 5 N–H and O–H groups in total. The van der Waals surface area contributed by atoms with Crippen LogP contribution in [-0.2, 0) is 0 Å². The summed E-state index contributed by atoms with van der Waals surface area (Å²) in [5.74, 6) is -0.326. The lowest BCUT2D eigenvalue weighted by atomic mass is 10.3. The molecule has 0 saturated heterocycles.